The van der Waals surface area contributed by atoms with Crippen molar-refractivity contribution < 1.29 is 31.5 Å². The van der Waals surface area contributed by atoms with E-state index in [-0.39, 0.29) is 18.1 Å². The maximum atomic E-state index is 12.2. The van der Waals surface area contributed by atoms with Gasteiger partial charge in [0.2, 0.25) is 0 Å². The van der Waals surface area contributed by atoms with Gasteiger partial charge in [0.05, 0.1) is 12.0 Å². The summed E-state index contributed by atoms with van der Waals surface area (Å²) >= 11 is 0. The highest BCUT2D eigenvalue weighted by atomic mass is 32.3. The summed E-state index contributed by atoms with van der Waals surface area (Å²) in [5, 5.41) is 0. The van der Waals surface area contributed by atoms with Gasteiger partial charge < -0.3 is 4.74 Å². The topological polar surface area (TPSA) is 107 Å². The molecule has 0 radical (unpaired) electrons. The van der Waals surface area contributed by atoms with Crippen LogP contribution in [0.3, 0.4) is 0 Å². The summed E-state index contributed by atoms with van der Waals surface area (Å²) in [7, 11) is -4.68. The van der Waals surface area contributed by atoms with E-state index in [2.05, 4.69) is 0 Å². The predicted molar refractivity (Wildman–Crippen MR) is 78.5 cm³/mol. The molecule has 0 aromatic carbocycles. The molecule has 0 aromatic rings. The van der Waals surface area contributed by atoms with E-state index in [9.17, 15) is 18.0 Å². The zero-order chi connectivity index (χ0) is 17.1. The van der Waals surface area contributed by atoms with Gasteiger partial charge in [-0.1, -0.05) is 18.1 Å². The number of ether oxygens (including phenoxy) is 1. The third-order valence-corrected chi connectivity index (χ3v) is 5.47. The van der Waals surface area contributed by atoms with Crippen molar-refractivity contribution in [3.8, 4) is 0 Å². The second-order valence-electron chi connectivity index (χ2n) is 6.46. The Hall–Kier alpha value is -1.51. The first kappa shape index (κ1) is 16.4. The molecule has 1 saturated heterocycles. The van der Waals surface area contributed by atoms with E-state index < -0.39 is 40.4 Å². The van der Waals surface area contributed by atoms with Crippen LogP contribution in [0.25, 0.3) is 0 Å². The molecule has 23 heavy (non-hydrogen) atoms. The molecule has 7 nitrogen and oxygen atoms in total. The molecule has 0 amide bonds. The molecule has 1 aliphatic heterocycles. The summed E-state index contributed by atoms with van der Waals surface area (Å²) in [5.41, 5.74) is 2.02. The van der Waals surface area contributed by atoms with Crippen LogP contribution < -0.4 is 0 Å². The third-order valence-electron chi connectivity index (χ3n) is 4.98. The Morgan fingerprint density at radius 1 is 1.30 bits per heavy atom. The molecule has 1 heterocycles. The van der Waals surface area contributed by atoms with Gasteiger partial charge in [0, 0.05) is 17.4 Å². The molecule has 126 valence electrons. The molecule has 0 bridgehead atoms. The summed E-state index contributed by atoms with van der Waals surface area (Å²) in [6.45, 7) is 5.17. The minimum absolute atomic E-state index is 0.140. The first-order chi connectivity index (χ1) is 10.6. The lowest BCUT2D eigenvalue weighted by atomic mass is 9.80. The van der Waals surface area contributed by atoms with Crippen LogP contribution in [-0.2, 0) is 28.9 Å². The first-order valence-corrected chi connectivity index (χ1v) is 8.75. The van der Waals surface area contributed by atoms with Crippen LogP contribution in [0.5, 0.6) is 0 Å². The monoisotopic (exact) mass is 342 g/mol. The lowest BCUT2D eigenvalue weighted by molar-refractivity contribution is -0.144. The molecular formula is C15H18O7S. The number of hydrogen-bond acceptors (Lipinski definition) is 6. The SMILES string of the molecule is CC1=CC(=O)C2=C(C)CC(OS(=O)(=O)O)C3C(C)C(=O)OC3C12. The fourth-order valence-corrected chi connectivity index (χ4v) is 4.55. The predicted octanol–water partition coefficient (Wildman–Crippen LogP) is 1.22. The van der Waals surface area contributed by atoms with Crippen molar-refractivity contribution in [2.75, 3.05) is 0 Å². The fraction of sp³-hybridized carbons (Fsp3) is 0.600. The molecule has 0 aromatic heterocycles. The van der Waals surface area contributed by atoms with Crippen LogP contribution >= 0.6 is 0 Å². The van der Waals surface area contributed by atoms with E-state index in [0.29, 0.717) is 11.1 Å². The summed E-state index contributed by atoms with van der Waals surface area (Å²) in [6.07, 6.45) is 0.0525. The molecule has 3 aliphatic rings. The van der Waals surface area contributed by atoms with Crippen molar-refractivity contribution in [2.45, 2.75) is 39.4 Å². The Morgan fingerprint density at radius 3 is 2.57 bits per heavy atom. The lowest BCUT2D eigenvalue weighted by Crippen LogP contribution is -2.37. The van der Waals surface area contributed by atoms with Gasteiger partial charge in [0.15, 0.2) is 5.78 Å². The maximum Gasteiger partial charge on any atom is 0.397 e. The summed E-state index contributed by atoms with van der Waals surface area (Å²) < 4.78 is 41.7. The van der Waals surface area contributed by atoms with Gasteiger partial charge in [-0.15, -0.1) is 0 Å². The second-order valence-corrected chi connectivity index (χ2v) is 7.51. The quantitative estimate of drug-likeness (QED) is 0.594. The highest BCUT2D eigenvalue weighted by molar-refractivity contribution is 7.80. The van der Waals surface area contributed by atoms with E-state index in [0.717, 1.165) is 5.57 Å². The number of ketones is 1. The van der Waals surface area contributed by atoms with Crippen molar-refractivity contribution >= 4 is 22.2 Å². The number of allylic oxidation sites excluding steroid dienone is 1. The molecule has 8 heteroatoms. The largest absolute Gasteiger partial charge is 0.461 e. The number of carbonyl (C=O) groups excluding carboxylic acids is 2. The van der Waals surface area contributed by atoms with E-state index >= 15 is 0 Å². The first-order valence-electron chi connectivity index (χ1n) is 7.38. The van der Waals surface area contributed by atoms with E-state index in [1.54, 1.807) is 20.8 Å². The molecule has 0 saturated carbocycles. The molecule has 5 atom stereocenters. The zero-order valence-corrected chi connectivity index (χ0v) is 13.8. The van der Waals surface area contributed by atoms with Crippen LogP contribution in [0.2, 0.25) is 0 Å². The molecule has 5 unspecified atom stereocenters. The Morgan fingerprint density at radius 2 is 1.96 bits per heavy atom. The Kier molecular flexibility index (Phi) is 3.74. The van der Waals surface area contributed by atoms with Crippen molar-refractivity contribution in [3.63, 3.8) is 0 Å². The number of carbonyl (C=O) groups is 2. The molecule has 1 N–H and O–H groups in total. The molecule has 2 aliphatic carbocycles. The standard InChI is InChI=1S/C15H18O7S/c1-6-4-9(16)11-7(2)5-10(22-23(18,19)20)13-8(3)15(17)21-14(13)12(6)11/h4,8,10,12-14H,5H2,1-3H3,(H,18,19,20). The van der Waals surface area contributed by atoms with Crippen molar-refractivity contribution in [2.24, 2.45) is 17.8 Å². The Labute approximate surface area is 134 Å². The molecule has 0 spiro atoms. The van der Waals surface area contributed by atoms with Gasteiger partial charge in [-0.3, -0.25) is 14.1 Å². The fourth-order valence-electron chi connectivity index (χ4n) is 4.04. The van der Waals surface area contributed by atoms with Gasteiger partial charge in [-0.25, -0.2) is 4.18 Å². The summed E-state index contributed by atoms with van der Waals surface area (Å²) in [4.78, 5) is 24.3. The van der Waals surface area contributed by atoms with Crippen molar-refractivity contribution in [1.82, 2.24) is 0 Å². The van der Waals surface area contributed by atoms with Gasteiger partial charge in [0.25, 0.3) is 0 Å². The van der Waals surface area contributed by atoms with Crippen LogP contribution in [0.15, 0.2) is 22.8 Å². The number of esters is 1. The van der Waals surface area contributed by atoms with E-state index in [4.69, 9.17) is 13.5 Å². The zero-order valence-electron chi connectivity index (χ0n) is 13.0. The van der Waals surface area contributed by atoms with E-state index in [1.807, 2.05) is 0 Å². The Balaban J connectivity index is 2.10. The smallest absolute Gasteiger partial charge is 0.397 e. The van der Waals surface area contributed by atoms with Crippen LogP contribution in [-0.4, -0.2) is 36.9 Å². The molecular weight excluding hydrogens is 324 g/mol. The minimum Gasteiger partial charge on any atom is -0.461 e. The maximum absolute atomic E-state index is 12.2. The second kappa shape index (κ2) is 5.25. The van der Waals surface area contributed by atoms with E-state index in [1.165, 1.54) is 6.08 Å². The summed E-state index contributed by atoms with van der Waals surface area (Å²) in [5.74, 6) is -2.11. The van der Waals surface area contributed by atoms with Crippen LogP contribution in [0, 0.1) is 17.8 Å². The third kappa shape index (κ3) is 2.64. The van der Waals surface area contributed by atoms with Crippen LogP contribution in [0.4, 0.5) is 0 Å². The van der Waals surface area contributed by atoms with Crippen LogP contribution in [0.1, 0.15) is 27.2 Å². The van der Waals surface area contributed by atoms with Gasteiger partial charge in [0.1, 0.15) is 6.10 Å². The Bertz CT molecular complexity index is 746. The molecule has 3 rings (SSSR count). The lowest BCUT2D eigenvalue weighted by Gasteiger charge is -2.28. The average molecular weight is 342 g/mol. The van der Waals surface area contributed by atoms with Crippen molar-refractivity contribution in [1.29, 1.82) is 0 Å². The van der Waals surface area contributed by atoms with Crippen molar-refractivity contribution in [3.05, 3.63) is 22.8 Å². The van der Waals surface area contributed by atoms with Gasteiger partial charge in [-0.2, -0.15) is 8.42 Å². The number of hydrogen-bond donors (Lipinski definition) is 1. The average Bonchev–Trinajstić information content (AvgIpc) is 2.79. The molecule has 1 fully saturated rings. The normalized spacial score (nSPS) is 37.2. The highest BCUT2D eigenvalue weighted by Crippen LogP contribution is 2.48. The number of rotatable bonds is 2. The summed E-state index contributed by atoms with van der Waals surface area (Å²) in [6, 6.07) is 0. The minimum atomic E-state index is -4.68. The van der Waals surface area contributed by atoms with Gasteiger partial charge >= 0.3 is 16.4 Å². The highest BCUT2D eigenvalue weighted by Gasteiger charge is 2.55. The number of fused-ring (bicyclic) bond motifs is 3. The van der Waals surface area contributed by atoms with Gasteiger partial charge in [-0.05, 0) is 26.3 Å².